The Morgan fingerprint density at radius 3 is 2.62 bits per heavy atom. The van der Waals surface area contributed by atoms with Crippen LogP contribution in [0.2, 0.25) is 0 Å². The zero-order valence-electron chi connectivity index (χ0n) is 10.8. The fourth-order valence-electron chi connectivity index (χ4n) is 1.34. The molecule has 0 aromatic carbocycles. The molecule has 0 bridgehead atoms. The van der Waals surface area contributed by atoms with Crippen molar-refractivity contribution >= 4 is 5.97 Å². The maximum Gasteiger partial charge on any atom is 0.330 e. The van der Waals surface area contributed by atoms with Crippen LogP contribution in [0.5, 0.6) is 0 Å². The smallest absolute Gasteiger partial charge is 0.330 e. The molecule has 3 heteroatoms. The van der Waals surface area contributed by atoms with Gasteiger partial charge in [0.05, 0.1) is 0 Å². The van der Waals surface area contributed by atoms with Gasteiger partial charge in [-0.1, -0.05) is 32.8 Å². The Hall–Kier alpha value is -0.830. The lowest BCUT2D eigenvalue weighted by Crippen LogP contribution is -2.44. The molecule has 1 N–H and O–H groups in total. The predicted molar refractivity (Wildman–Crippen MR) is 67.4 cm³/mol. The Bertz CT molecular complexity index is 212. The highest BCUT2D eigenvalue weighted by Crippen LogP contribution is 2.05. The molecule has 0 unspecified atom stereocenters. The van der Waals surface area contributed by atoms with Gasteiger partial charge in [-0.3, -0.25) is 0 Å². The first-order valence-corrected chi connectivity index (χ1v) is 6.06. The Balaban J connectivity index is 3.61. The van der Waals surface area contributed by atoms with E-state index in [0.29, 0.717) is 6.61 Å². The predicted octanol–water partition coefficient (Wildman–Crippen LogP) is 2.66. The molecule has 0 heterocycles. The van der Waals surface area contributed by atoms with Gasteiger partial charge in [0.25, 0.3) is 0 Å². The molecule has 0 saturated heterocycles. The van der Waals surface area contributed by atoms with Crippen LogP contribution in [0.3, 0.4) is 0 Å². The third-order valence-electron chi connectivity index (χ3n) is 2.38. The average Bonchev–Trinajstić information content (AvgIpc) is 2.25. The molecule has 3 nitrogen and oxygen atoms in total. The van der Waals surface area contributed by atoms with Crippen molar-refractivity contribution in [1.29, 1.82) is 0 Å². The van der Waals surface area contributed by atoms with Crippen LogP contribution in [-0.4, -0.2) is 24.7 Å². The molecule has 0 radical (unpaired) electrons. The van der Waals surface area contributed by atoms with E-state index in [1.54, 1.807) is 0 Å². The van der Waals surface area contributed by atoms with E-state index in [2.05, 4.69) is 18.8 Å². The summed E-state index contributed by atoms with van der Waals surface area (Å²) >= 11 is 0. The average molecular weight is 227 g/mol. The number of hydrogen-bond acceptors (Lipinski definition) is 3. The molecule has 0 aliphatic rings. The Labute approximate surface area is 99.3 Å². The van der Waals surface area contributed by atoms with Crippen LogP contribution in [0.1, 0.15) is 46.5 Å². The van der Waals surface area contributed by atoms with Crippen molar-refractivity contribution in [2.75, 3.05) is 13.2 Å². The Morgan fingerprint density at radius 2 is 2.06 bits per heavy atom. The molecule has 0 aromatic rings. The monoisotopic (exact) mass is 227 g/mol. The number of carbonyl (C=O) groups excluding carboxylic acids is 1. The van der Waals surface area contributed by atoms with Crippen LogP contribution < -0.4 is 5.32 Å². The van der Waals surface area contributed by atoms with E-state index in [1.165, 1.54) is 31.8 Å². The van der Waals surface area contributed by atoms with Crippen LogP contribution in [0, 0.1) is 0 Å². The topological polar surface area (TPSA) is 38.3 Å². The first-order chi connectivity index (χ1) is 7.52. The number of hydrogen-bond donors (Lipinski definition) is 1. The number of ether oxygens (including phenoxy) is 1. The largest absolute Gasteiger partial charge is 0.461 e. The molecule has 0 aliphatic carbocycles. The zero-order chi connectivity index (χ0) is 12.4. The van der Waals surface area contributed by atoms with Crippen molar-refractivity contribution in [3.8, 4) is 0 Å². The van der Waals surface area contributed by atoms with Gasteiger partial charge in [0.1, 0.15) is 6.61 Å². The lowest BCUT2D eigenvalue weighted by atomic mass is 10.1. The number of nitrogens with one attached hydrogen (secondary N) is 1. The van der Waals surface area contributed by atoms with Crippen LogP contribution in [0.15, 0.2) is 12.7 Å². The molecule has 0 aromatic heterocycles. The van der Waals surface area contributed by atoms with E-state index in [1.807, 2.05) is 13.8 Å². The van der Waals surface area contributed by atoms with E-state index >= 15 is 0 Å². The van der Waals surface area contributed by atoms with E-state index < -0.39 is 0 Å². The molecular formula is C13H25NO2. The van der Waals surface area contributed by atoms with Crippen molar-refractivity contribution in [2.45, 2.75) is 52.0 Å². The van der Waals surface area contributed by atoms with Gasteiger partial charge in [-0.25, -0.2) is 4.79 Å². The normalized spacial score (nSPS) is 11.2. The third kappa shape index (κ3) is 8.48. The summed E-state index contributed by atoms with van der Waals surface area (Å²) in [4.78, 5) is 10.9. The summed E-state index contributed by atoms with van der Waals surface area (Å²) in [7, 11) is 0. The molecule has 0 spiro atoms. The second kappa shape index (κ2) is 8.34. The SMILES string of the molecule is C=CC(=O)OCC(C)(C)NCCCCCC. The van der Waals surface area contributed by atoms with Gasteiger partial charge in [-0.05, 0) is 26.8 Å². The fraction of sp³-hybridized carbons (Fsp3) is 0.769. The van der Waals surface area contributed by atoms with Gasteiger partial charge >= 0.3 is 5.97 Å². The quantitative estimate of drug-likeness (QED) is 0.374. The van der Waals surface area contributed by atoms with Gasteiger partial charge in [0.15, 0.2) is 0 Å². The van der Waals surface area contributed by atoms with Crippen molar-refractivity contribution in [3.05, 3.63) is 12.7 Å². The van der Waals surface area contributed by atoms with E-state index in [-0.39, 0.29) is 11.5 Å². The highest BCUT2D eigenvalue weighted by atomic mass is 16.5. The minimum Gasteiger partial charge on any atom is -0.461 e. The van der Waals surface area contributed by atoms with Gasteiger partial charge in [-0.2, -0.15) is 0 Å². The second-order valence-corrected chi connectivity index (χ2v) is 4.68. The summed E-state index contributed by atoms with van der Waals surface area (Å²) in [6.45, 7) is 11.0. The molecule has 0 aliphatic heterocycles. The summed E-state index contributed by atoms with van der Waals surface area (Å²) in [5.74, 6) is -0.360. The Morgan fingerprint density at radius 1 is 1.38 bits per heavy atom. The summed E-state index contributed by atoms with van der Waals surface area (Å²) < 4.78 is 5.01. The molecular weight excluding hydrogens is 202 g/mol. The van der Waals surface area contributed by atoms with Gasteiger partial charge in [0, 0.05) is 11.6 Å². The van der Waals surface area contributed by atoms with Crippen molar-refractivity contribution in [2.24, 2.45) is 0 Å². The number of unbranched alkanes of at least 4 members (excludes halogenated alkanes) is 3. The highest BCUT2D eigenvalue weighted by Gasteiger charge is 2.18. The molecule has 94 valence electrons. The summed E-state index contributed by atoms with van der Waals surface area (Å²) in [6, 6.07) is 0. The molecule has 0 rings (SSSR count). The van der Waals surface area contributed by atoms with Gasteiger partial charge in [0.2, 0.25) is 0 Å². The zero-order valence-corrected chi connectivity index (χ0v) is 10.8. The standard InChI is InChI=1S/C13H25NO2/c1-5-7-8-9-10-14-13(3,4)11-16-12(15)6-2/h6,14H,2,5,7-11H2,1,3-4H3. The maximum atomic E-state index is 10.9. The molecule has 0 fully saturated rings. The van der Waals surface area contributed by atoms with Crippen molar-refractivity contribution in [1.82, 2.24) is 5.32 Å². The first kappa shape index (κ1) is 15.2. The van der Waals surface area contributed by atoms with Gasteiger partial charge in [-0.15, -0.1) is 0 Å². The van der Waals surface area contributed by atoms with Crippen LogP contribution in [-0.2, 0) is 9.53 Å². The van der Waals surface area contributed by atoms with Gasteiger partial charge < -0.3 is 10.1 Å². The van der Waals surface area contributed by atoms with E-state index in [0.717, 1.165) is 6.54 Å². The third-order valence-corrected chi connectivity index (χ3v) is 2.38. The number of rotatable bonds is 9. The lowest BCUT2D eigenvalue weighted by molar-refractivity contribution is -0.139. The van der Waals surface area contributed by atoms with Crippen LogP contribution in [0.25, 0.3) is 0 Å². The number of carbonyl (C=O) groups is 1. The highest BCUT2D eigenvalue weighted by molar-refractivity contribution is 5.81. The summed E-state index contributed by atoms with van der Waals surface area (Å²) in [6.07, 6.45) is 6.16. The molecule has 0 atom stereocenters. The first-order valence-electron chi connectivity index (χ1n) is 6.06. The van der Waals surface area contributed by atoms with Crippen LogP contribution >= 0.6 is 0 Å². The molecule has 16 heavy (non-hydrogen) atoms. The van der Waals surface area contributed by atoms with Crippen LogP contribution in [0.4, 0.5) is 0 Å². The fourth-order valence-corrected chi connectivity index (χ4v) is 1.34. The minimum atomic E-state index is -0.360. The second-order valence-electron chi connectivity index (χ2n) is 4.68. The minimum absolute atomic E-state index is 0.162. The summed E-state index contributed by atoms with van der Waals surface area (Å²) in [5.41, 5.74) is -0.162. The van der Waals surface area contributed by atoms with E-state index in [9.17, 15) is 4.79 Å². The van der Waals surface area contributed by atoms with Crippen molar-refractivity contribution < 1.29 is 9.53 Å². The number of esters is 1. The maximum absolute atomic E-state index is 10.9. The summed E-state index contributed by atoms with van der Waals surface area (Å²) in [5, 5.41) is 3.39. The van der Waals surface area contributed by atoms with E-state index in [4.69, 9.17) is 4.74 Å². The molecule has 0 amide bonds. The lowest BCUT2D eigenvalue weighted by Gasteiger charge is -2.25. The van der Waals surface area contributed by atoms with Crippen molar-refractivity contribution in [3.63, 3.8) is 0 Å². The Kier molecular flexibility index (Phi) is 7.90. The molecule has 0 saturated carbocycles.